The molecule has 0 saturated heterocycles. The molecule has 1 aliphatic rings. The van der Waals surface area contributed by atoms with Gasteiger partial charge in [-0.3, -0.25) is 14.2 Å². The summed E-state index contributed by atoms with van der Waals surface area (Å²) in [4.78, 5) is 44.6. The highest BCUT2D eigenvalue weighted by molar-refractivity contribution is 7.99. The maximum absolute atomic E-state index is 13.6. The highest BCUT2D eigenvalue weighted by Crippen LogP contribution is 2.36. The van der Waals surface area contributed by atoms with Crippen LogP contribution in [0.2, 0.25) is 0 Å². The lowest BCUT2D eigenvalue weighted by atomic mass is 10.1. The van der Waals surface area contributed by atoms with Gasteiger partial charge in [0.05, 0.1) is 28.8 Å². The molecule has 0 saturated carbocycles. The Bertz CT molecular complexity index is 1450. The number of aliphatic carboxylic acids is 1. The zero-order valence-corrected chi connectivity index (χ0v) is 20.4. The van der Waals surface area contributed by atoms with Crippen LogP contribution in [0.3, 0.4) is 0 Å². The van der Waals surface area contributed by atoms with Crippen molar-refractivity contribution in [3.8, 4) is 5.69 Å². The first-order valence-electron chi connectivity index (χ1n) is 11.3. The molecule has 178 valence electrons. The highest BCUT2D eigenvalue weighted by atomic mass is 32.2. The molecule has 35 heavy (non-hydrogen) atoms. The smallest absolute Gasteiger partial charge is 0.267 e. The number of rotatable bonds is 8. The van der Waals surface area contributed by atoms with Crippen LogP contribution >= 0.6 is 23.1 Å². The predicted molar refractivity (Wildman–Crippen MR) is 135 cm³/mol. The molecule has 1 aliphatic carbocycles. The number of aromatic nitrogens is 2. The second kappa shape index (κ2) is 10.1. The zero-order chi connectivity index (χ0) is 24.4. The molecule has 1 amide bonds. The normalized spacial score (nSPS) is 13.5. The SMILES string of the molecule is O=C(CSc1nc2sc3c(c2c(=O)n1-c1ccccc1)CCC3)N[C@@H](Cc1ccccc1)C(=O)[O-]. The second-order valence-electron chi connectivity index (χ2n) is 8.33. The number of thiophene rings is 1. The number of fused-ring (bicyclic) bond motifs is 3. The molecule has 0 aliphatic heterocycles. The monoisotopic (exact) mass is 504 g/mol. The number of aryl methyl sites for hydroxylation is 2. The number of thioether (sulfide) groups is 1. The minimum absolute atomic E-state index is 0.0888. The Kier molecular flexibility index (Phi) is 6.70. The van der Waals surface area contributed by atoms with Gasteiger partial charge in [0.2, 0.25) is 5.91 Å². The number of carboxylic acid groups (broad SMARTS) is 1. The number of hydrogen-bond donors (Lipinski definition) is 1. The van der Waals surface area contributed by atoms with Crippen molar-refractivity contribution in [1.82, 2.24) is 14.9 Å². The van der Waals surface area contributed by atoms with Crippen molar-refractivity contribution in [3.05, 3.63) is 87.0 Å². The molecule has 0 fully saturated rings. The molecule has 9 heteroatoms. The number of amides is 1. The van der Waals surface area contributed by atoms with E-state index in [-0.39, 0.29) is 17.7 Å². The molecule has 5 rings (SSSR count). The van der Waals surface area contributed by atoms with Gasteiger partial charge in [-0.25, -0.2) is 4.98 Å². The van der Waals surface area contributed by atoms with Crippen LogP contribution in [-0.2, 0) is 28.9 Å². The number of para-hydroxylation sites is 1. The van der Waals surface area contributed by atoms with E-state index in [9.17, 15) is 19.5 Å². The maximum Gasteiger partial charge on any atom is 0.267 e. The Morgan fingerprint density at radius 1 is 1.09 bits per heavy atom. The molecule has 4 aromatic rings. The van der Waals surface area contributed by atoms with E-state index >= 15 is 0 Å². The average molecular weight is 505 g/mol. The van der Waals surface area contributed by atoms with E-state index in [1.54, 1.807) is 28.0 Å². The summed E-state index contributed by atoms with van der Waals surface area (Å²) in [6, 6.07) is 17.1. The fourth-order valence-corrected chi connectivity index (χ4v) is 6.46. The molecular weight excluding hydrogens is 482 g/mol. The molecule has 1 N–H and O–H groups in total. The van der Waals surface area contributed by atoms with Gasteiger partial charge in [-0.15, -0.1) is 11.3 Å². The van der Waals surface area contributed by atoms with Gasteiger partial charge in [-0.05, 0) is 48.9 Å². The molecule has 0 unspecified atom stereocenters. The number of nitrogens with zero attached hydrogens (tertiary/aromatic N) is 2. The predicted octanol–water partition coefficient (Wildman–Crippen LogP) is 2.51. The van der Waals surface area contributed by atoms with E-state index in [1.165, 1.54) is 4.88 Å². The molecule has 2 heterocycles. The van der Waals surface area contributed by atoms with Crippen LogP contribution < -0.4 is 16.0 Å². The summed E-state index contributed by atoms with van der Waals surface area (Å²) in [5, 5.41) is 15.2. The minimum atomic E-state index is -1.35. The van der Waals surface area contributed by atoms with Gasteiger partial charge in [0.1, 0.15) is 4.83 Å². The quantitative estimate of drug-likeness (QED) is 0.292. The van der Waals surface area contributed by atoms with Crippen LogP contribution in [0.25, 0.3) is 15.9 Å². The Morgan fingerprint density at radius 3 is 2.51 bits per heavy atom. The Labute approximate surface area is 209 Å². The van der Waals surface area contributed by atoms with Crippen molar-refractivity contribution in [1.29, 1.82) is 0 Å². The van der Waals surface area contributed by atoms with Gasteiger partial charge in [0.15, 0.2) is 5.16 Å². The lowest BCUT2D eigenvalue weighted by Crippen LogP contribution is -2.49. The third-order valence-electron chi connectivity index (χ3n) is 5.96. The van der Waals surface area contributed by atoms with Crippen LogP contribution in [0.5, 0.6) is 0 Å². The average Bonchev–Trinajstić information content (AvgIpc) is 3.44. The molecular formula is C26H22N3O4S2-. The minimum Gasteiger partial charge on any atom is -0.548 e. The summed E-state index contributed by atoms with van der Waals surface area (Å²) in [5.74, 6) is -1.90. The van der Waals surface area contributed by atoms with Crippen molar-refractivity contribution >= 4 is 45.2 Å². The molecule has 2 aromatic carbocycles. The van der Waals surface area contributed by atoms with E-state index in [2.05, 4.69) is 5.32 Å². The van der Waals surface area contributed by atoms with E-state index in [0.717, 1.165) is 42.2 Å². The van der Waals surface area contributed by atoms with Crippen molar-refractivity contribution in [2.45, 2.75) is 36.9 Å². The topological polar surface area (TPSA) is 104 Å². The lowest BCUT2D eigenvalue weighted by molar-refractivity contribution is -0.308. The van der Waals surface area contributed by atoms with Crippen LogP contribution in [0.15, 0.2) is 70.6 Å². The van der Waals surface area contributed by atoms with E-state index in [1.807, 2.05) is 48.5 Å². The number of carbonyl (C=O) groups is 2. The zero-order valence-electron chi connectivity index (χ0n) is 18.7. The molecule has 1 atom stereocenters. The molecule has 0 radical (unpaired) electrons. The van der Waals surface area contributed by atoms with E-state index in [4.69, 9.17) is 4.98 Å². The summed E-state index contributed by atoms with van der Waals surface area (Å²) in [7, 11) is 0. The van der Waals surface area contributed by atoms with Crippen LogP contribution in [0.1, 0.15) is 22.4 Å². The number of benzene rings is 2. The first kappa shape index (κ1) is 23.3. The first-order chi connectivity index (χ1) is 17.0. The number of hydrogen-bond acceptors (Lipinski definition) is 7. The third kappa shape index (κ3) is 4.87. The van der Waals surface area contributed by atoms with Crippen molar-refractivity contribution < 1.29 is 14.7 Å². The van der Waals surface area contributed by atoms with Crippen LogP contribution in [-0.4, -0.2) is 33.2 Å². The molecule has 7 nitrogen and oxygen atoms in total. The summed E-state index contributed by atoms with van der Waals surface area (Å²) in [6.45, 7) is 0. The van der Waals surface area contributed by atoms with Gasteiger partial charge in [0, 0.05) is 4.88 Å². The largest absolute Gasteiger partial charge is 0.548 e. The summed E-state index contributed by atoms with van der Waals surface area (Å²) < 4.78 is 1.55. The van der Waals surface area contributed by atoms with Crippen molar-refractivity contribution in [3.63, 3.8) is 0 Å². The van der Waals surface area contributed by atoms with Gasteiger partial charge < -0.3 is 15.2 Å². The second-order valence-corrected chi connectivity index (χ2v) is 10.4. The van der Waals surface area contributed by atoms with Gasteiger partial charge in [0.25, 0.3) is 5.56 Å². The van der Waals surface area contributed by atoms with E-state index < -0.39 is 17.9 Å². The van der Waals surface area contributed by atoms with Crippen molar-refractivity contribution in [2.75, 3.05) is 5.75 Å². The van der Waals surface area contributed by atoms with Gasteiger partial charge in [-0.2, -0.15) is 0 Å². The summed E-state index contributed by atoms with van der Waals surface area (Å²) in [6.07, 6.45) is 3.00. The summed E-state index contributed by atoms with van der Waals surface area (Å²) >= 11 is 2.66. The fourth-order valence-electron chi connectivity index (χ4n) is 4.34. The number of nitrogens with one attached hydrogen (secondary N) is 1. The van der Waals surface area contributed by atoms with Gasteiger partial charge >= 0.3 is 0 Å². The van der Waals surface area contributed by atoms with Crippen LogP contribution in [0, 0.1) is 0 Å². The maximum atomic E-state index is 13.6. The van der Waals surface area contributed by atoms with E-state index in [0.29, 0.717) is 21.1 Å². The fraction of sp³-hybridized carbons (Fsp3) is 0.231. The van der Waals surface area contributed by atoms with Gasteiger partial charge in [-0.1, -0.05) is 60.3 Å². The highest BCUT2D eigenvalue weighted by Gasteiger charge is 2.24. The Balaban J connectivity index is 1.41. The Morgan fingerprint density at radius 2 is 1.80 bits per heavy atom. The molecule has 0 spiro atoms. The molecule has 0 bridgehead atoms. The number of carboxylic acids is 1. The number of carbonyl (C=O) groups excluding carboxylic acids is 2. The lowest BCUT2D eigenvalue weighted by Gasteiger charge is -2.20. The third-order valence-corrected chi connectivity index (χ3v) is 8.08. The van der Waals surface area contributed by atoms with Crippen LogP contribution in [0.4, 0.5) is 0 Å². The first-order valence-corrected chi connectivity index (χ1v) is 13.1. The molecule has 2 aromatic heterocycles. The standard InChI is InChI=1S/C26H23N3O4S2/c30-21(27-19(25(32)33)14-16-8-3-1-4-9-16)15-34-26-28-23-22(18-12-7-13-20(18)35-23)24(31)29(26)17-10-5-2-6-11-17/h1-6,8-11,19H,7,12-15H2,(H,27,30)(H,32,33)/p-1/t19-/m0/s1. The van der Waals surface area contributed by atoms with Crippen molar-refractivity contribution in [2.24, 2.45) is 0 Å². The summed E-state index contributed by atoms with van der Waals surface area (Å²) in [5.41, 5.74) is 2.41. The Hall–Kier alpha value is -3.43.